The van der Waals surface area contributed by atoms with Gasteiger partial charge in [-0.2, -0.15) is 10.4 Å². The summed E-state index contributed by atoms with van der Waals surface area (Å²) >= 11 is 0. The Morgan fingerprint density at radius 2 is 2.38 bits per heavy atom. The molecule has 2 rings (SSSR count). The first-order valence-electron chi connectivity index (χ1n) is 3.76. The van der Waals surface area contributed by atoms with Gasteiger partial charge in [0, 0.05) is 0 Å². The smallest absolute Gasteiger partial charge is 0.131 e. The van der Waals surface area contributed by atoms with Crippen molar-refractivity contribution >= 4 is 10.9 Å². The Balaban J connectivity index is 2.79. The zero-order valence-corrected chi connectivity index (χ0v) is 7.03. The number of aromatic nitrogens is 2. The molecule has 1 aromatic carbocycles. The van der Waals surface area contributed by atoms with Crippen LogP contribution >= 0.6 is 0 Å². The van der Waals surface area contributed by atoms with Crippen LogP contribution in [0.4, 0.5) is 0 Å². The lowest BCUT2D eigenvalue weighted by Crippen LogP contribution is -1.85. The number of nitrogens with zero attached hydrogens (tertiary/aromatic N) is 2. The maximum Gasteiger partial charge on any atom is 0.131 e. The maximum atomic E-state index is 8.71. The summed E-state index contributed by atoms with van der Waals surface area (Å²) in [6.45, 7) is 0. The molecule has 0 spiro atoms. The minimum absolute atomic E-state index is 0.564. The predicted molar refractivity (Wildman–Crippen MR) is 47.4 cm³/mol. The minimum atomic E-state index is 0.564. The van der Waals surface area contributed by atoms with Crippen molar-refractivity contribution in [2.24, 2.45) is 0 Å². The summed E-state index contributed by atoms with van der Waals surface area (Å²) in [5, 5.41) is 16.3. The molecule has 2 aromatic rings. The second-order valence-electron chi connectivity index (χ2n) is 2.62. The Bertz CT molecular complexity index is 481. The molecule has 0 fully saturated rings. The molecule has 0 radical (unpaired) electrons. The van der Waals surface area contributed by atoms with Crippen molar-refractivity contribution in [3.63, 3.8) is 0 Å². The number of benzene rings is 1. The summed E-state index contributed by atoms with van der Waals surface area (Å²) in [6.07, 6.45) is 1.68. The van der Waals surface area contributed by atoms with Crippen LogP contribution in [-0.2, 0) is 0 Å². The highest BCUT2D eigenvalue weighted by Gasteiger charge is 2.05. The van der Waals surface area contributed by atoms with E-state index in [9.17, 15) is 0 Å². The van der Waals surface area contributed by atoms with E-state index in [1.54, 1.807) is 25.4 Å². The lowest BCUT2D eigenvalue weighted by molar-refractivity contribution is 0.419. The number of aromatic amines is 1. The fourth-order valence-electron chi connectivity index (χ4n) is 1.25. The van der Waals surface area contributed by atoms with E-state index in [0.29, 0.717) is 11.3 Å². The predicted octanol–water partition coefficient (Wildman–Crippen LogP) is 1.44. The zero-order chi connectivity index (χ0) is 9.26. The van der Waals surface area contributed by atoms with Crippen molar-refractivity contribution in [1.82, 2.24) is 10.2 Å². The first-order chi connectivity index (χ1) is 6.35. The molecule has 0 unspecified atom stereocenters. The molecule has 0 bridgehead atoms. The molecule has 13 heavy (non-hydrogen) atoms. The molecule has 64 valence electrons. The molecular formula is C9H7N3O. The molecule has 0 saturated carbocycles. The van der Waals surface area contributed by atoms with Crippen molar-refractivity contribution < 1.29 is 4.74 Å². The summed E-state index contributed by atoms with van der Waals surface area (Å²) in [5.74, 6) is 0.669. The molecular weight excluding hydrogens is 166 g/mol. The minimum Gasteiger partial charge on any atom is -0.496 e. The second-order valence-corrected chi connectivity index (χ2v) is 2.62. The molecule has 0 aliphatic rings. The summed E-state index contributed by atoms with van der Waals surface area (Å²) < 4.78 is 5.12. The molecule has 0 saturated heterocycles. The van der Waals surface area contributed by atoms with E-state index in [0.717, 1.165) is 10.9 Å². The number of nitriles is 1. The van der Waals surface area contributed by atoms with Gasteiger partial charge in [0.05, 0.1) is 35.8 Å². The van der Waals surface area contributed by atoms with E-state index in [1.165, 1.54) is 0 Å². The fraction of sp³-hybridized carbons (Fsp3) is 0.111. The Labute approximate surface area is 74.7 Å². The SMILES string of the molecule is COc1cc(C#N)cc2[nH]ncc12. The van der Waals surface area contributed by atoms with E-state index in [-0.39, 0.29) is 0 Å². The van der Waals surface area contributed by atoms with Gasteiger partial charge in [0.15, 0.2) is 0 Å². The highest BCUT2D eigenvalue weighted by molar-refractivity contribution is 5.86. The van der Waals surface area contributed by atoms with E-state index >= 15 is 0 Å². The summed E-state index contributed by atoms with van der Waals surface area (Å²) in [6, 6.07) is 5.49. The van der Waals surface area contributed by atoms with Crippen molar-refractivity contribution in [1.29, 1.82) is 5.26 Å². The Hall–Kier alpha value is -2.02. The van der Waals surface area contributed by atoms with Gasteiger partial charge in [-0.1, -0.05) is 0 Å². The molecule has 1 N–H and O–H groups in total. The summed E-state index contributed by atoms with van der Waals surface area (Å²) in [7, 11) is 1.57. The average molecular weight is 173 g/mol. The second kappa shape index (κ2) is 2.79. The molecule has 1 heterocycles. The number of fused-ring (bicyclic) bond motifs is 1. The van der Waals surface area contributed by atoms with Gasteiger partial charge >= 0.3 is 0 Å². The molecule has 0 amide bonds. The number of methoxy groups -OCH3 is 1. The number of rotatable bonds is 1. The zero-order valence-electron chi connectivity index (χ0n) is 7.03. The first-order valence-corrected chi connectivity index (χ1v) is 3.76. The normalized spacial score (nSPS) is 9.85. The monoisotopic (exact) mass is 173 g/mol. The molecule has 4 nitrogen and oxygen atoms in total. The van der Waals surface area contributed by atoms with Gasteiger partial charge < -0.3 is 4.74 Å². The van der Waals surface area contributed by atoms with Crippen LogP contribution in [0.15, 0.2) is 18.3 Å². The fourth-order valence-corrected chi connectivity index (χ4v) is 1.25. The van der Waals surface area contributed by atoms with Crippen LogP contribution in [0.1, 0.15) is 5.56 Å². The van der Waals surface area contributed by atoms with Gasteiger partial charge in [-0.15, -0.1) is 0 Å². The number of nitrogens with one attached hydrogen (secondary N) is 1. The van der Waals surface area contributed by atoms with Crippen LogP contribution in [0.25, 0.3) is 10.9 Å². The van der Waals surface area contributed by atoms with Crippen molar-refractivity contribution in [3.8, 4) is 11.8 Å². The third-order valence-corrected chi connectivity index (χ3v) is 1.87. The topological polar surface area (TPSA) is 61.7 Å². The van der Waals surface area contributed by atoms with Crippen LogP contribution < -0.4 is 4.74 Å². The molecule has 0 aliphatic heterocycles. The highest BCUT2D eigenvalue weighted by Crippen LogP contribution is 2.25. The van der Waals surface area contributed by atoms with Gasteiger partial charge in [-0.3, -0.25) is 5.10 Å². The van der Waals surface area contributed by atoms with Crippen molar-refractivity contribution in [2.75, 3.05) is 7.11 Å². The molecule has 0 atom stereocenters. The van der Waals surface area contributed by atoms with E-state index < -0.39 is 0 Å². The van der Waals surface area contributed by atoms with Crippen molar-refractivity contribution in [2.45, 2.75) is 0 Å². The molecule has 1 aromatic heterocycles. The number of H-pyrrole nitrogens is 1. The van der Waals surface area contributed by atoms with Crippen LogP contribution in [0.5, 0.6) is 5.75 Å². The number of hydrogen-bond acceptors (Lipinski definition) is 3. The first kappa shape index (κ1) is 7.62. The summed E-state index contributed by atoms with van der Waals surface area (Å²) in [4.78, 5) is 0. The van der Waals surface area contributed by atoms with Crippen LogP contribution in [0.3, 0.4) is 0 Å². The quantitative estimate of drug-likeness (QED) is 0.709. The Morgan fingerprint density at radius 1 is 1.54 bits per heavy atom. The van der Waals surface area contributed by atoms with E-state index in [1.807, 2.05) is 0 Å². The maximum absolute atomic E-state index is 8.71. The van der Waals surface area contributed by atoms with Gasteiger partial charge in [0.2, 0.25) is 0 Å². The standard InChI is InChI=1S/C9H7N3O/c1-13-9-3-6(4-10)2-8-7(9)5-11-12-8/h2-3,5H,1H3,(H,11,12). The third kappa shape index (κ3) is 1.11. The van der Waals surface area contributed by atoms with Crippen LogP contribution in [-0.4, -0.2) is 17.3 Å². The van der Waals surface area contributed by atoms with Gasteiger partial charge in [-0.05, 0) is 12.1 Å². The number of ether oxygens (including phenoxy) is 1. The lowest BCUT2D eigenvalue weighted by atomic mass is 10.1. The van der Waals surface area contributed by atoms with E-state index in [4.69, 9.17) is 10.00 Å². The van der Waals surface area contributed by atoms with Crippen LogP contribution in [0.2, 0.25) is 0 Å². The highest BCUT2D eigenvalue weighted by atomic mass is 16.5. The molecule has 4 heteroatoms. The Kier molecular flexibility index (Phi) is 1.64. The molecule has 0 aliphatic carbocycles. The van der Waals surface area contributed by atoms with Gasteiger partial charge in [0.25, 0.3) is 0 Å². The largest absolute Gasteiger partial charge is 0.496 e. The summed E-state index contributed by atoms with van der Waals surface area (Å²) in [5.41, 5.74) is 1.38. The lowest BCUT2D eigenvalue weighted by Gasteiger charge is -2.00. The Morgan fingerprint density at radius 3 is 3.08 bits per heavy atom. The van der Waals surface area contributed by atoms with E-state index in [2.05, 4.69) is 16.3 Å². The third-order valence-electron chi connectivity index (χ3n) is 1.87. The number of hydrogen-bond donors (Lipinski definition) is 1. The van der Waals surface area contributed by atoms with Gasteiger partial charge in [-0.25, -0.2) is 0 Å². The van der Waals surface area contributed by atoms with Gasteiger partial charge in [0.1, 0.15) is 5.75 Å². The average Bonchev–Trinajstić information content (AvgIpc) is 2.63. The van der Waals surface area contributed by atoms with Crippen molar-refractivity contribution in [3.05, 3.63) is 23.9 Å². The van der Waals surface area contributed by atoms with Crippen LogP contribution in [0, 0.1) is 11.3 Å².